The Morgan fingerprint density at radius 2 is 1.82 bits per heavy atom. The zero-order chi connectivity index (χ0) is 28.7. The van der Waals surface area contributed by atoms with E-state index in [1.165, 1.54) is 18.2 Å². The molecule has 3 atom stereocenters. The lowest BCUT2D eigenvalue weighted by Crippen LogP contribution is -2.50. The minimum absolute atomic E-state index is 0.0794. The smallest absolute Gasteiger partial charge is 0.333 e. The van der Waals surface area contributed by atoms with Crippen LogP contribution in [0.25, 0.3) is 11.3 Å². The van der Waals surface area contributed by atoms with Gasteiger partial charge in [-0.2, -0.15) is 5.10 Å². The first kappa shape index (κ1) is 29.3. The number of nitrogens with one attached hydrogen (secondary N) is 2. The number of benzene rings is 2. The fourth-order valence-corrected chi connectivity index (χ4v) is 4.08. The minimum atomic E-state index is -1.79. The van der Waals surface area contributed by atoms with Crippen LogP contribution in [0.3, 0.4) is 0 Å². The Bertz CT molecular complexity index is 1350. The Morgan fingerprint density at radius 1 is 1.08 bits per heavy atom. The molecule has 0 aliphatic carbocycles. The molecule has 5 N–H and O–H groups in total. The molecule has 1 aromatic heterocycles. The number of hydrogen-bond acceptors (Lipinski definition) is 6. The third-order valence-electron chi connectivity index (χ3n) is 6.05. The number of carbonyl (C=O) groups is 3. The number of carboxylic acids is 2. The SMILES string of the molecule is Cn1ccc(-c2ccc(C(=O)N[C@@H]3CNCC[C@H]3c3ccc(F)c(F)c3)c(F)c2)n1.O=C(O)C[C@H](O)C(=O)O. The van der Waals surface area contributed by atoms with E-state index < -0.39 is 47.8 Å². The molecule has 2 heterocycles. The van der Waals surface area contributed by atoms with E-state index in [-0.39, 0.29) is 17.5 Å². The summed E-state index contributed by atoms with van der Waals surface area (Å²) in [6, 6.07) is 9.50. The number of carboxylic acid groups (broad SMARTS) is 2. The molecule has 1 fully saturated rings. The van der Waals surface area contributed by atoms with Gasteiger partial charge in [0.05, 0.1) is 17.7 Å². The van der Waals surface area contributed by atoms with Gasteiger partial charge in [-0.3, -0.25) is 14.3 Å². The standard InChI is InChI=1S/C22H21F3N4O.C4H6O5/c1-29-9-7-20(28-29)14-2-4-16(18(24)11-14)22(30)27-21-12-26-8-6-15(21)13-3-5-17(23)19(25)10-13;5-2(4(8)9)1-3(6)7/h2-5,7,9-11,15,21,26H,6,8,12H2,1H3,(H,27,30);2,5H,1H2,(H,6,7)(H,8,9)/t15-,21+;2-/m00/s1. The highest BCUT2D eigenvalue weighted by molar-refractivity contribution is 5.95. The van der Waals surface area contributed by atoms with Crippen molar-refractivity contribution >= 4 is 17.8 Å². The summed E-state index contributed by atoms with van der Waals surface area (Å²) in [7, 11) is 1.77. The predicted octanol–water partition coefficient (Wildman–Crippen LogP) is 2.29. The van der Waals surface area contributed by atoms with Crippen LogP contribution in [-0.4, -0.2) is 68.2 Å². The van der Waals surface area contributed by atoms with Gasteiger partial charge in [-0.15, -0.1) is 0 Å². The Morgan fingerprint density at radius 3 is 2.38 bits per heavy atom. The molecule has 13 heteroatoms. The average molecular weight is 549 g/mol. The monoisotopic (exact) mass is 548 g/mol. The van der Waals surface area contributed by atoms with Gasteiger partial charge in [0, 0.05) is 37.3 Å². The number of rotatable bonds is 7. The molecule has 10 nitrogen and oxygen atoms in total. The minimum Gasteiger partial charge on any atom is -0.481 e. The summed E-state index contributed by atoms with van der Waals surface area (Å²) >= 11 is 0. The molecule has 3 aromatic rings. The second kappa shape index (κ2) is 13.0. The van der Waals surface area contributed by atoms with E-state index in [0.29, 0.717) is 36.3 Å². The molecule has 1 aliphatic heterocycles. The Kier molecular flexibility index (Phi) is 9.79. The molecular formula is C26H27F3N4O6. The summed E-state index contributed by atoms with van der Waals surface area (Å²) in [4.78, 5) is 32.2. The highest BCUT2D eigenvalue weighted by Crippen LogP contribution is 2.28. The second-order valence-electron chi connectivity index (χ2n) is 8.87. The molecule has 0 radical (unpaired) electrons. The largest absolute Gasteiger partial charge is 0.481 e. The molecule has 1 aliphatic rings. The number of aliphatic carboxylic acids is 2. The van der Waals surface area contributed by atoms with Crippen molar-refractivity contribution in [2.45, 2.75) is 30.9 Å². The van der Waals surface area contributed by atoms with Gasteiger partial charge in [-0.25, -0.2) is 18.0 Å². The molecule has 0 unspecified atom stereocenters. The molecule has 39 heavy (non-hydrogen) atoms. The number of aliphatic hydroxyl groups is 1. The van der Waals surface area contributed by atoms with Gasteiger partial charge in [0.15, 0.2) is 17.7 Å². The fourth-order valence-electron chi connectivity index (χ4n) is 4.08. The van der Waals surface area contributed by atoms with Crippen LogP contribution in [0, 0.1) is 17.5 Å². The summed E-state index contributed by atoms with van der Waals surface area (Å²) < 4.78 is 43.3. The number of halogens is 3. The third-order valence-corrected chi connectivity index (χ3v) is 6.05. The number of aryl methyl sites for hydroxylation is 1. The van der Waals surface area contributed by atoms with Gasteiger partial charge in [0.2, 0.25) is 0 Å². The van der Waals surface area contributed by atoms with Crippen LogP contribution in [0.15, 0.2) is 48.7 Å². The number of aliphatic hydroxyl groups excluding tert-OH is 1. The molecule has 4 rings (SSSR count). The number of carbonyl (C=O) groups excluding carboxylic acids is 1. The normalized spacial score (nSPS) is 17.5. The zero-order valence-electron chi connectivity index (χ0n) is 20.8. The van der Waals surface area contributed by atoms with E-state index in [1.54, 1.807) is 30.1 Å². The molecule has 2 aromatic carbocycles. The molecule has 208 valence electrons. The lowest BCUT2D eigenvalue weighted by molar-refractivity contribution is -0.152. The Hall–Kier alpha value is -4.23. The first-order valence-electron chi connectivity index (χ1n) is 11.8. The summed E-state index contributed by atoms with van der Waals surface area (Å²) in [5.41, 5.74) is 1.71. The van der Waals surface area contributed by atoms with E-state index in [0.717, 1.165) is 12.1 Å². The maximum absolute atomic E-state index is 14.7. The van der Waals surface area contributed by atoms with Crippen LogP contribution in [-0.2, 0) is 16.6 Å². The first-order valence-corrected chi connectivity index (χ1v) is 11.8. The van der Waals surface area contributed by atoms with Crippen molar-refractivity contribution in [1.29, 1.82) is 0 Å². The summed E-state index contributed by atoms with van der Waals surface area (Å²) in [6.45, 7) is 1.13. The maximum atomic E-state index is 14.7. The van der Waals surface area contributed by atoms with Crippen molar-refractivity contribution in [3.63, 3.8) is 0 Å². The van der Waals surface area contributed by atoms with E-state index in [9.17, 15) is 27.6 Å². The molecule has 0 bridgehead atoms. The van der Waals surface area contributed by atoms with Crippen LogP contribution in [0.2, 0.25) is 0 Å². The molecule has 1 amide bonds. The number of hydrogen-bond donors (Lipinski definition) is 5. The maximum Gasteiger partial charge on any atom is 0.333 e. The van der Waals surface area contributed by atoms with E-state index in [2.05, 4.69) is 15.7 Å². The molecule has 0 spiro atoms. The lowest BCUT2D eigenvalue weighted by atomic mass is 9.85. The first-order chi connectivity index (χ1) is 18.5. The van der Waals surface area contributed by atoms with Crippen molar-refractivity contribution in [2.24, 2.45) is 7.05 Å². The highest BCUT2D eigenvalue weighted by atomic mass is 19.2. The van der Waals surface area contributed by atoms with E-state index in [4.69, 9.17) is 15.3 Å². The summed E-state index contributed by atoms with van der Waals surface area (Å²) in [5.74, 6) is -6.09. The van der Waals surface area contributed by atoms with Crippen LogP contribution in [0.5, 0.6) is 0 Å². The number of amides is 1. The van der Waals surface area contributed by atoms with Crippen LogP contribution >= 0.6 is 0 Å². The summed E-state index contributed by atoms with van der Waals surface area (Å²) in [5, 5.41) is 34.4. The predicted molar refractivity (Wildman–Crippen MR) is 132 cm³/mol. The van der Waals surface area contributed by atoms with E-state index >= 15 is 0 Å². The third kappa shape index (κ3) is 7.88. The number of piperidine rings is 1. The van der Waals surface area contributed by atoms with Gasteiger partial charge in [0.1, 0.15) is 5.82 Å². The number of aromatic nitrogens is 2. The Labute approximate surface area is 221 Å². The van der Waals surface area contributed by atoms with Crippen molar-refractivity contribution in [2.75, 3.05) is 13.1 Å². The average Bonchev–Trinajstić information content (AvgIpc) is 3.32. The topological polar surface area (TPSA) is 154 Å². The van der Waals surface area contributed by atoms with Crippen molar-refractivity contribution in [3.05, 3.63) is 77.2 Å². The van der Waals surface area contributed by atoms with Gasteiger partial charge < -0.3 is 26.0 Å². The number of nitrogens with zero attached hydrogens (tertiary/aromatic N) is 2. The molecule has 0 saturated carbocycles. The van der Waals surface area contributed by atoms with E-state index in [1.807, 2.05) is 0 Å². The van der Waals surface area contributed by atoms with Crippen molar-refractivity contribution in [1.82, 2.24) is 20.4 Å². The summed E-state index contributed by atoms with van der Waals surface area (Å²) in [6.07, 6.45) is -0.156. The van der Waals surface area contributed by atoms with Crippen molar-refractivity contribution in [3.8, 4) is 11.3 Å². The fraction of sp³-hybridized carbons (Fsp3) is 0.308. The van der Waals surface area contributed by atoms with Gasteiger partial charge >= 0.3 is 11.9 Å². The quantitative estimate of drug-likeness (QED) is 0.301. The lowest BCUT2D eigenvalue weighted by Gasteiger charge is -2.33. The second-order valence-corrected chi connectivity index (χ2v) is 8.87. The highest BCUT2D eigenvalue weighted by Gasteiger charge is 2.29. The van der Waals surface area contributed by atoms with Crippen LogP contribution < -0.4 is 10.6 Å². The molecular weight excluding hydrogens is 521 g/mol. The van der Waals surface area contributed by atoms with Crippen LogP contribution in [0.4, 0.5) is 13.2 Å². The van der Waals surface area contributed by atoms with Crippen LogP contribution in [0.1, 0.15) is 34.7 Å². The van der Waals surface area contributed by atoms with Crippen molar-refractivity contribution < 1.29 is 42.9 Å². The Balaban J connectivity index is 0.000000403. The van der Waals surface area contributed by atoms with Gasteiger partial charge in [-0.05, 0) is 48.9 Å². The van der Waals surface area contributed by atoms with Gasteiger partial charge in [-0.1, -0.05) is 12.1 Å². The van der Waals surface area contributed by atoms with Gasteiger partial charge in [0.25, 0.3) is 5.91 Å². The molecule has 1 saturated heterocycles. The zero-order valence-corrected chi connectivity index (χ0v) is 20.8.